The van der Waals surface area contributed by atoms with Crippen molar-refractivity contribution in [2.75, 3.05) is 5.32 Å². The quantitative estimate of drug-likeness (QED) is 0.453. The summed E-state index contributed by atoms with van der Waals surface area (Å²) in [5.74, 6) is -0.655. The minimum absolute atomic E-state index is 0.0229. The Bertz CT molecular complexity index is 1050. The molecule has 150 valence electrons. The molecule has 0 bridgehead atoms. The number of amides is 1. The fourth-order valence-corrected chi connectivity index (χ4v) is 2.95. The van der Waals surface area contributed by atoms with Crippen molar-refractivity contribution < 1.29 is 23.2 Å². The van der Waals surface area contributed by atoms with Crippen LogP contribution in [0.25, 0.3) is 17.2 Å². The highest BCUT2D eigenvalue weighted by molar-refractivity contribution is 7.32. The van der Waals surface area contributed by atoms with Crippen molar-refractivity contribution in [1.82, 2.24) is 9.78 Å². The van der Waals surface area contributed by atoms with Gasteiger partial charge in [0, 0.05) is 24.4 Å². The molecule has 2 aromatic carbocycles. The van der Waals surface area contributed by atoms with E-state index in [1.165, 1.54) is 18.2 Å². The summed E-state index contributed by atoms with van der Waals surface area (Å²) in [7, 11) is -1.22. The number of aromatic nitrogens is 2. The second kappa shape index (κ2) is 9.43. The fourth-order valence-electron chi connectivity index (χ4n) is 2.66. The zero-order valence-corrected chi connectivity index (χ0v) is 16.5. The van der Waals surface area contributed by atoms with Gasteiger partial charge in [-0.05, 0) is 41.5 Å². The third kappa shape index (κ3) is 5.71. The highest BCUT2D eigenvalue weighted by Crippen LogP contribution is 2.24. The molecule has 2 N–H and O–H groups in total. The van der Waals surface area contributed by atoms with Crippen molar-refractivity contribution in [2.45, 2.75) is 6.61 Å². The molecule has 1 atom stereocenters. The number of nitrogens with zero attached hydrogens (tertiary/aromatic N) is 2. The summed E-state index contributed by atoms with van der Waals surface area (Å²) < 4.78 is 30.0. The number of hydrogen-bond donors (Lipinski definition) is 2. The molecule has 0 radical (unpaired) electrons. The minimum atomic E-state index is -2.97. The molecule has 0 saturated heterocycles. The van der Waals surface area contributed by atoms with Crippen LogP contribution in [0.15, 0.2) is 60.8 Å². The van der Waals surface area contributed by atoms with E-state index in [1.54, 1.807) is 60.4 Å². The average molecular weight is 415 g/mol. The van der Waals surface area contributed by atoms with E-state index in [0.717, 1.165) is 11.1 Å². The second-order valence-corrected chi connectivity index (χ2v) is 6.97. The van der Waals surface area contributed by atoms with Gasteiger partial charge in [-0.2, -0.15) is 5.10 Å². The summed E-state index contributed by atoms with van der Waals surface area (Å²) in [5, 5.41) is 6.94. The maximum atomic E-state index is 13.2. The molecule has 29 heavy (non-hydrogen) atoms. The predicted octanol–water partition coefficient (Wildman–Crippen LogP) is 3.78. The van der Waals surface area contributed by atoms with Crippen molar-refractivity contribution in [3.05, 3.63) is 77.9 Å². The maximum absolute atomic E-state index is 13.2. The number of halogens is 1. The van der Waals surface area contributed by atoms with Crippen LogP contribution in [-0.4, -0.2) is 20.6 Å². The molecule has 0 aliphatic carbocycles. The van der Waals surface area contributed by atoms with E-state index in [0.29, 0.717) is 16.9 Å². The van der Waals surface area contributed by atoms with Gasteiger partial charge in [-0.25, -0.2) is 4.39 Å². The molecule has 1 amide bonds. The van der Waals surface area contributed by atoms with Gasteiger partial charge in [0.25, 0.3) is 0 Å². The maximum Gasteiger partial charge on any atom is 0.316 e. The number of nitrogens with one attached hydrogen (secondary N) is 1. The van der Waals surface area contributed by atoms with Gasteiger partial charge in [0.05, 0.1) is 18.5 Å². The van der Waals surface area contributed by atoms with Gasteiger partial charge >= 0.3 is 8.25 Å². The second-order valence-electron chi connectivity index (χ2n) is 6.15. The van der Waals surface area contributed by atoms with E-state index in [4.69, 9.17) is 4.89 Å². The third-order valence-electron chi connectivity index (χ3n) is 4.12. The van der Waals surface area contributed by atoms with Crippen LogP contribution in [-0.2, 0) is 27.5 Å². The molecule has 0 saturated carbocycles. The average Bonchev–Trinajstić information content (AvgIpc) is 3.07. The lowest BCUT2D eigenvalue weighted by Crippen LogP contribution is -2.08. The molecule has 0 aliphatic rings. The fraction of sp³-hybridized carbons (Fsp3) is 0.100. The SMILES string of the molecule is Cn1ncc(-c2ccc(F)cc2)c1/C=C/C(=O)Nc1ccc(CO[PH](=O)O)cc1. The summed E-state index contributed by atoms with van der Waals surface area (Å²) in [5.41, 5.74) is 3.57. The van der Waals surface area contributed by atoms with Crippen molar-refractivity contribution >= 4 is 25.9 Å². The van der Waals surface area contributed by atoms with Gasteiger partial charge in [-0.1, -0.05) is 24.3 Å². The van der Waals surface area contributed by atoms with Crippen LogP contribution in [0.2, 0.25) is 0 Å². The van der Waals surface area contributed by atoms with E-state index in [-0.39, 0.29) is 18.3 Å². The zero-order valence-electron chi connectivity index (χ0n) is 15.5. The molecule has 0 fully saturated rings. The minimum Gasteiger partial charge on any atom is -0.326 e. The summed E-state index contributed by atoms with van der Waals surface area (Å²) in [6.07, 6.45) is 4.69. The van der Waals surface area contributed by atoms with E-state index in [9.17, 15) is 13.8 Å². The molecule has 3 rings (SSSR count). The predicted molar refractivity (Wildman–Crippen MR) is 109 cm³/mol. The van der Waals surface area contributed by atoms with Crippen LogP contribution in [0.1, 0.15) is 11.3 Å². The summed E-state index contributed by atoms with van der Waals surface area (Å²) in [6, 6.07) is 12.8. The highest BCUT2D eigenvalue weighted by atomic mass is 31.1. The first-order valence-corrected chi connectivity index (χ1v) is 9.90. The lowest BCUT2D eigenvalue weighted by molar-refractivity contribution is -0.111. The Balaban J connectivity index is 1.67. The summed E-state index contributed by atoms with van der Waals surface area (Å²) in [6.45, 7) is 0.0229. The Kier molecular flexibility index (Phi) is 6.72. The molecule has 9 heteroatoms. The zero-order chi connectivity index (χ0) is 20.8. The summed E-state index contributed by atoms with van der Waals surface area (Å²) >= 11 is 0. The van der Waals surface area contributed by atoms with Crippen molar-refractivity contribution in [3.8, 4) is 11.1 Å². The van der Waals surface area contributed by atoms with Crippen LogP contribution in [0, 0.1) is 5.82 Å². The number of benzene rings is 2. The lowest BCUT2D eigenvalue weighted by atomic mass is 10.1. The molecular weight excluding hydrogens is 396 g/mol. The van der Waals surface area contributed by atoms with Crippen LogP contribution in [0.5, 0.6) is 0 Å². The first-order chi connectivity index (χ1) is 13.9. The Morgan fingerprint density at radius 3 is 2.59 bits per heavy atom. The van der Waals surface area contributed by atoms with Gasteiger partial charge in [-0.15, -0.1) is 0 Å². The van der Waals surface area contributed by atoms with Crippen molar-refractivity contribution in [1.29, 1.82) is 0 Å². The van der Waals surface area contributed by atoms with E-state index < -0.39 is 8.25 Å². The van der Waals surface area contributed by atoms with E-state index in [2.05, 4.69) is 14.9 Å². The molecule has 7 nitrogen and oxygen atoms in total. The molecule has 3 aromatic rings. The van der Waals surface area contributed by atoms with Gasteiger partial charge in [-0.3, -0.25) is 14.0 Å². The number of hydrogen-bond acceptors (Lipinski definition) is 4. The summed E-state index contributed by atoms with van der Waals surface area (Å²) in [4.78, 5) is 20.9. The van der Waals surface area contributed by atoms with Crippen molar-refractivity contribution in [3.63, 3.8) is 0 Å². The number of carbonyl (C=O) groups is 1. The van der Waals surface area contributed by atoms with Crippen LogP contribution in [0.3, 0.4) is 0 Å². The molecule has 0 aliphatic heterocycles. The van der Waals surface area contributed by atoms with E-state index in [1.807, 2.05) is 0 Å². The Morgan fingerprint density at radius 1 is 1.24 bits per heavy atom. The van der Waals surface area contributed by atoms with Gasteiger partial charge in [0.15, 0.2) is 0 Å². The number of rotatable bonds is 7. The Labute approximate surface area is 167 Å². The smallest absolute Gasteiger partial charge is 0.316 e. The monoisotopic (exact) mass is 415 g/mol. The first-order valence-electron chi connectivity index (χ1n) is 8.64. The first kappa shape index (κ1) is 20.7. The molecule has 1 unspecified atom stereocenters. The van der Waals surface area contributed by atoms with Gasteiger partial charge in [0.2, 0.25) is 5.91 Å². The van der Waals surface area contributed by atoms with Gasteiger partial charge < -0.3 is 14.7 Å². The Morgan fingerprint density at radius 2 is 1.93 bits per heavy atom. The standard InChI is InChI=1S/C20H19FN3O4P/c1-24-19(18(12-22-24)15-4-6-16(21)7-5-15)10-11-20(25)23-17-8-2-14(3-9-17)13-28-29(26)27/h2-12,29H,13H2,1H3,(H,23,25)(H,26,27)/b11-10+. The van der Waals surface area contributed by atoms with Crippen LogP contribution >= 0.6 is 8.25 Å². The number of aryl methyl sites for hydroxylation is 1. The molecule has 0 spiro atoms. The van der Waals surface area contributed by atoms with E-state index >= 15 is 0 Å². The number of carbonyl (C=O) groups excluding carboxylic acids is 1. The molecular formula is C20H19FN3O4P. The lowest BCUT2D eigenvalue weighted by Gasteiger charge is -2.05. The molecule has 1 aromatic heterocycles. The Hall–Kier alpha value is -3.06. The normalized spacial score (nSPS) is 12.2. The topological polar surface area (TPSA) is 93.5 Å². The molecule has 1 heterocycles. The highest BCUT2D eigenvalue weighted by Gasteiger charge is 2.09. The number of anilines is 1. The van der Waals surface area contributed by atoms with Crippen molar-refractivity contribution in [2.24, 2.45) is 7.05 Å². The van der Waals surface area contributed by atoms with Crippen LogP contribution < -0.4 is 5.32 Å². The van der Waals surface area contributed by atoms with Gasteiger partial charge in [0.1, 0.15) is 5.82 Å². The van der Waals surface area contributed by atoms with Crippen LogP contribution in [0.4, 0.5) is 10.1 Å². The largest absolute Gasteiger partial charge is 0.326 e. The third-order valence-corrected chi connectivity index (χ3v) is 4.51.